The first kappa shape index (κ1) is 17.2. The van der Waals surface area contributed by atoms with Gasteiger partial charge in [-0.3, -0.25) is 9.89 Å². The largest absolute Gasteiger partial charge is 0.497 e. The highest BCUT2D eigenvalue weighted by Gasteiger charge is 2.10. The van der Waals surface area contributed by atoms with Gasteiger partial charge in [0.1, 0.15) is 17.2 Å². The standard InChI is InChI=1S/C19H18N4O3/c1-25-15-8-6-14(7-9-15)17-11-18(22-21-17)19(24)23-20-12-13-4-3-5-16(10-13)26-2/h3-12H,1-2H3,(H,21,22)(H,23,24)/b20-12+. The van der Waals surface area contributed by atoms with Crippen molar-refractivity contribution in [1.29, 1.82) is 0 Å². The second-order valence-electron chi connectivity index (χ2n) is 5.37. The number of aromatic amines is 1. The Balaban J connectivity index is 1.64. The molecule has 3 rings (SSSR count). The third kappa shape index (κ3) is 4.07. The van der Waals surface area contributed by atoms with Gasteiger partial charge in [0.2, 0.25) is 0 Å². The SMILES string of the molecule is COc1ccc(-c2cc(C(=O)N/N=C/c3cccc(OC)c3)[nH]n2)cc1. The number of ether oxygens (including phenoxy) is 2. The molecule has 2 aromatic carbocycles. The number of methoxy groups -OCH3 is 2. The predicted octanol–water partition coefficient (Wildman–Crippen LogP) is 2.86. The summed E-state index contributed by atoms with van der Waals surface area (Å²) in [6, 6.07) is 16.4. The average Bonchev–Trinajstić information content (AvgIpc) is 3.18. The van der Waals surface area contributed by atoms with Crippen LogP contribution in [0.1, 0.15) is 16.1 Å². The van der Waals surface area contributed by atoms with E-state index in [4.69, 9.17) is 9.47 Å². The summed E-state index contributed by atoms with van der Waals surface area (Å²) in [6.45, 7) is 0. The Bertz CT molecular complexity index is 917. The molecule has 0 aliphatic carbocycles. The number of aromatic nitrogens is 2. The van der Waals surface area contributed by atoms with Gasteiger partial charge < -0.3 is 9.47 Å². The molecule has 1 heterocycles. The van der Waals surface area contributed by atoms with Crippen molar-refractivity contribution in [3.8, 4) is 22.8 Å². The summed E-state index contributed by atoms with van der Waals surface area (Å²) in [5.74, 6) is 1.10. The van der Waals surface area contributed by atoms with Crippen molar-refractivity contribution in [2.24, 2.45) is 5.10 Å². The van der Waals surface area contributed by atoms with Gasteiger partial charge in [0.05, 0.1) is 26.1 Å². The molecule has 0 fully saturated rings. The van der Waals surface area contributed by atoms with E-state index in [-0.39, 0.29) is 5.91 Å². The number of hydrazone groups is 1. The van der Waals surface area contributed by atoms with Crippen LogP contribution >= 0.6 is 0 Å². The van der Waals surface area contributed by atoms with Gasteiger partial charge in [-0.05, 0) is 48.0 Å². The zero-order chi connectivity index (χ0) is 18.4. The van der Waals surface area contributed by atoms with Gasteiger partial charge in [0.15, 0.2) is 0 Å². The molecule has 3 aromatic rings. The Morgan fingerprint density at radius 3 is 2.58 bits per heavy atom. The molecule has 0 unspecified atom stereocenters. The maximum Gasteiger partial charge on any atom is 0.289 e. The number of amides is 1. The summed E-state index contributed by atoms with van der Waals surface area (Å²) >= 11 is 0. The molecule has 0 spiro atoms. The molecule has 0 aliphatic rings. The molecule has 0 radical (unpaired) electrons. The van der Waals surface area contributed by atoms with Crippen molar-refractivity contribution in [1.82, 2.24) is 15.6 Å². The molecule has 2 N–H and O–H groups in total. The minimum atomic E-state index is -0.378. The van der Waals surface area contributed by atoms with Gasteiger partial charge in [-0.1, -0.05) is 12.1 Å². The van der Waals surface area contributed by atoms with Crippen LogP contribution in [0, 0.1) is 0 Å². The molecule has 0 saturated carbocycles. The fraction of sp³-hybridized carbons (Fsp3) is 0.105. The lowest BCUT2D eigenvalue weighted by atomic mass is 10.1. The van der Waals surface area contributed by atoms with Crippen LogP contribution in [0.5, 0.6) is 11.5 Å². The molecule has 0 aliphatic heterocycles. The topological polar surface area (TPSA) is 88.6 Å². The zero-order valence-electron chi connectivity index (χ0n) is 14.4. The number of carbonyl (C=O) groups excluding carboxylic acids is 1. The lowest BCUT2D eigenvalue weighted by Gasteiger charge is -2.00. The fourth-order valence-electron chi connectivity index (χ4n) is 2.30. The molecule has 7 nitrogen and oxygen atoms in total. The number of carbonyl (C=O) groups is 1. The fourth-order valence-corrected chi connectivity index (χ4v) is 2.30. The molecule has 26 heavy (non-hydrogen) atoms. The van der Waals surface area contributed by atoms with E-state index in [0.717, 1.165) is 22.6 Å². The second-order valence-corrected chi connectivity index (χ2v) is 5.37. The van der Waals surface area contributed by atoms with Crippen LogP contribution in [0.25, 0.3) is 11.3 Å². The molecule has 7 heteroatoms. The zero-order valence-corrected chi connectivity index (χ0v) is 14.4. The summed E-state index contributed by atoms with van der Waals surface area (Å²) in [5.41, 5.74) is 5.14. The molecular formula is C19H18N4O3. The van der Waals surface area contributed by atoms with Crippen LogP contribution in [-0.2, 0) is 0 Å². The van der Waals surface area contributed by atoms with Gasteiger partial charge in [0.25, 0.3) is 5.91 Å². The first-order chi connectivity index (χ1) is 12.7. The smallest absolute Gasteiger partial charge is 0.289 e. The van der Waals surface area contributed by atoms with Crippen LogP contribution in [0.3, 0.4) is 0 Å². The van der Waals surface area contributed by atoms with Gasteiger partial charge >= 0.3 is 0 Å². The maximum absolute atomic E-state index is 12.2. The summed E-state index contributed by atoms with van der Waals surface area (Å²) < 4.78 is 10.3. The van der Waals surface area contributed by atoms with E-state index < -0.39 is 0 Å². The number of hydrogen-bond donors (Lipinski definition) is 2. The third-order valence-corrected chi connectivity index (χ3v) is 3.68. The van der Waals surface area contributed by atoms with Crippen molar-refractivity contribution in [2.45, 2.75) is 0 Å². The molecule has 0 saturated heterocycles. The minimum absolute atomic E-state index is 0.318. The first-order valence-electron chi connectivity index (χ1n) is 7.87. The first-order valence-corrected chi connectivity index (χ1v) is 7.87. The molecule has 1 amide bonds. The van der Waals surface area contributed by atoms with Crippen molar-refractivity contribution < 1.29 is 14.3 Å². The van der Waals surface area contributed by atoms with E-state index in [1.807, 2.05) is 48.5 Å². The summed E-state index contributed by atoms with van der Waals surface area (Å²) in [4.78, 5) is 12.2. The monoisotopic (exact) mass is 350 g/mol. The van der Waals surface area contributed by atoms with E-state index in [9.17, 15) is 4.79 Å². The molecule has 1 aromatic heterocycles. The summed E-state index contributed by atoms with van der Waals surface area (Å²) in [6.07, 6.45) is 1.54. The van der Waals surface area contributed by atoms with Crippen molar-refractivity contribution in [3.63, 3.8) is 0 Å². The van der Waals surface area contributed by atoms with Crippen molar-refractivity contribution >= 4 is 12.1 Å². The number of rotatable bonds is 6. The Morgan fingerprint density at radius 2 is 1.85 bits per heavy atom. The lowest BCUT2D eigenvalue weighted by Crippen LogP contribution is -2.18. The highest BCUT2D eigenvalue weighted by atomic mass is 16.5. The predicted molar refractivity (Wildman–Crippen MR) is 98.6 cm³/mol. The average molecular weight is 350 g/mol. The van der Waals surface area contributed by atoms with Gasteiger partial charge in [-0.25, -0.2) is 5.43 Å². The Hall–Kier alpha value is -3.61. The lowest BCUT2D eigenvalue weighted by molar-refractivity contribution is 0.0950. The highest BCUT2D eigenvalue weighted by Crippen LogP contribution is 2.21. The van der Waals surface area contributed by atoms with E-state index in [1.165, 1.54) is 0 Å². The second kappa shape index (κ2) is 7.98. The minimum Gasteiger partial charge on any atom is -0.497 e. The van der Waals surface area contributed by atoms with Gasteiger partial charge in [-0.2, -0.15) is 10.2 Å². The quantitative estimate of drug-likeness (QED) is 0.528. The molecule has 132 valence electrons. The van der Waals surface area contributed by atoms with E-state index in [1.54, 1.807) is 26.5 Å². The number of nitrogens with one attached hydrogen (secondary N) is 2. The highest BCUT2D eigenvalue weighted by molar-refractivity contribution is 5.94. The van der Waals surface area contributed by atoms with E-state index in [0.29, 0.717) is 11.4 Å². The van der Waals surface area contributed by atoms with Gasteiger partial charge in [0, 0.05) is 5.56 Å². The van der Waals surface area contributed by atoms with E-state index >= 15 is 0 Å². The number of benzene rings is 2. The van der Waals surface area contributed by atoms with Gasteiger partial charge in [-0.15, -0.1) is 0 Å². The Kier molecular flexibility index (Phi) is 5.28. The van der Waals surface area contributed by atoms with Crippen LogP contribution < -0.4 is 14.9 Å². The summed E-state index contributed by atoms with van der Waals surface area (Å²) in [7, 11) is 3.20. The Labute approximate surface area is 150 Å². The maximum atomic E-state index is 12.2. The van der Waals surface area contributed by atoms with Crippen molar-refractivity contribution in [3.05, 3.63) is 65.9 Å². The summed E-state index contributed by atoms with van der Waals surface area (Å²) in [5, 5.41) is 10.8. The van der Waals surface area contributed by atoms with Crippen LogP contribution in [-0.4, -0.2) is 36.5 Å². The van der Waals surface area contributed by atoms with Crippen molar-refractivity contribution in [2.75, 3.05) is 14.2 Å². The van der Waals surface area contributed by atoms with E-state index in [2.05, 4.69) is 20.7 Å². The van der Waals surface area contributed by atoms with Crippen LogP contribution in [0.15, 0.2) is 59.7 Å². The number of nitrogens with zero attached hydrogens (tertiary/aromatic N) is 2. The third-order valence-electron chi connectivity index (χ3n) is 3.68. The molecular weight excluding hydrogens is 332 g/mol. The molecule has 0 bridgehead atoms. The van der Waals surface area contributed by atoms with Crippen LogP contribution in [0.4, 0.5) is 0 Å². The molecule has 0 atom stereocenters. The Morgan fingerprint density at radius 1 is 1.08 bits per heavy atom. The number of hydrogen-bond acceptors (Lipinski definition) is 5. The normalized spacial score (nSPS) is 10.7. The van der Waals surface area contributed by atoms with Crippen LogP contribution in [0.2, 0.25) is 0 Å². The number of H-pyrrole nitrogens is 1.